The summed E-state index contributed by atoms with van der Waals surface area (Å²) in [6.45, 7) is 9.93. The van der Waals surface area contributed by atoms with Crippen molar-refractivity contribution in [1.29, 1.82) is 0 Å². The van der Waals surface area contributed by atoms with Gasteiger partial charge in [-0.3, -0.25) is 4.98 Å². The lowest BCUT2D eigenvalue weighted by atomic mass is 9.98. The molecule has 0 aliphatic heterocycles. The first-order valence-corrected chi connectivity index (χ1v) is 6.30. The maximum atomic E-state index is 4.52. The van der Waals surface area contributed by atoms with Gasteiger partial charge in [0.05, 0.1) is 5.69 Å². The molecule has 0 amide bonds. The molecule has 0 aliphatic carbocycles. The summed E-state index contributed by atoms with van der Waals surface area (Å²) < 4.78 is 0. The lowest BCUT2D eigenvalue weighted by Gasteiger charge is -2.21. The summed E-state index contributed by atoms with van der Waals surface area (Å²) in [5, 5.41) is 3.60. The molecule has 0 bridgehead atoms. The van der Waals surface area contributed by atoms with Gasteiger partial charge in [-0.2, -0.15) is 0 Å². The van der Waals surface area contributed by atoms with E-state index in [9.17, 15) is 0 Å². The average molecular weight is 220 g/mol. The summed E-state index contributed by atoms with van der Waals surface area (Å²) in [5.74, 6) is 0.691. The lowest BCUT2D eigenvalue weighted by Crippen LogP contribution is -2.25. The Kier molecular flexibility index (Phi) is 5.47. The second-order valence-corrected chi connectivity index (χ2v) is 4.84. The summed E-state index contributed by atoms with van der Waals surface area (Å²) in [6, 6.07) is 4.55. The van der Waals surface area contributed by atoms with Gasteiger partial charge in [0.2, 0.25) is 0 Å². The van der Waals surface area contributed by atoms with Crippen molar-refractivity contribution >= 4 is 0 Å². The molecule has 1 rings (SSSR count). The third-order valence-electron chi connectivity index (χ3n) is 2.73. The number of hydrogen-bond acceptors (Lipinski definition) is 2. The van der Waals surface area contributed by atoms with Crippen LogP contribution in [-0.2, 0) is 0 Å². The molecule has 2 nitrogen and oxygen atoms in total. The largest absolute Gasteiger partial charge is 0.309 e. The molecular weight excluding hydrogens is 196 g/mol. The molecular formula is C14H24N2. The Labute approximate surface area is 99.5 Å². The first-order chi connectivity index (χ1) is 7.65. The number of rotatable bonds is 6. The molecule has 1 aromatic rings. The maximum absolute atomic E-state index is 4.52. The van der Waals surface area contributed by atoms with Crippen LogP contribution in [0.4, 0.5) is 0 Å². The van der Waals surface area contributed by atoms with Gasteiger partial charge in [0.15, 0.2) is 0 Å². The minimum Gasteiger partial charge on any atom is -0.309 e. The minimum absolute atomic E-state index is 0.404. The van der Waals surface area contributed by atoms with Crippen LogP contribution >= 0.6 is 0 Å². The van der Waals surface area contributed by atoms with Crippen LogP contribution in [0.25, 0.3) is 0 Å². The van der Waals surface area contributed by atoms with Gasteiger partial charge in [-0.05, 0) is 43.9 Å². The van der Waals surface area contributed by atoms with E-state index in [4.69, 9.17) is 0 Å². The van der Waals surface area contributed by atoms with Crippen molar-refractivity contribution in [2.45, 2.75) is 46.6 Å². The Morgan fingerprint density at radius 2 is 2.12 bits per heavy atom. The number of aryl methyl sites for hydroxylation is 1. The SMILES string of the molecule is CCCNC(CC(C)C)c1ncccc1C. The fourth-order valence-electron chi connectivity index (χ4n) is 1.94. The summed E-state index contributed by atoms with van der Waals surface area (Å²) in [7, 11) is 0. The van der Waals surface area contributed by atoms with Crippen LogP contribution in [0.15, 0.2) is 18.3 Å². The summed E-state index contributed by atoms with van der Waals surface area (Å²) in [4.78, 5) is 4.52. The van der Waals surface area contributed by atoms with Gasteiger partial charge in [0.25, 0.3) is 0 Å². The molecule has 0 saturated carbocycles. The molecule has 1 N–H and O–H groups in total. The zero-order valence-corrected chi connectivity index (χ0v) is 11.0. The summed E-state index contributed by atoms with van der Waals surface area (Å²) in [5.41, 5.74) is 2.50. The molecule has 0 fully saturated rings. The van der Waals surface area contributed by atoms with Gasteiger partial charge in [-0.1, -0.05) is 26.8 Å². The molecule has 1 unspecified atom stereocenters. The van der Waals surface area contributed by atoms with Crippen LogP contribution < -0.4 is 5.32 Å². The van der Waals surface area contributed by atoms with Crippen LogP contribution in [0.2, 0.25) is 0 Å². The third-order valence-corrected chi connectivity index (χ3v) is 2.73. The van der Waals surface area contributed by atoms with E-state index < -0.39 is 0 Å². The number of pyridine rings is 1. The Bertz CT molecular complexity index is 307. The van der Waals surface area contributed by atoms with Gasteiger partial charge in [0, 0.05) is 12.2 Å². The van der Waals surface area contributed by atoms with Crippen LogP contribution in [0, 0.1) is 12.8 Å². The highest BCUT2D eigenvalue weighted by Crippen LogP contribution is 2.21. The Hall–Kier alpha value is -0.890. The molecule has 0 radical (unpaired) electrons. The third kappa shape index (κ3) is 3.93. The maximum Gasteiger partial charge on any atom is 0.0602 e. The highest BCUT2D eigenvalue weighted by molar-refractivity contribution is 5.21. The second-order valence-electron chi connectivity index (χ2n) is 4.84. The molecule has 1 heterocycles. The second kappa shape index (κ2) is 6.64. The van der Waals surface area contributed by atoms with Crippen molar-refractivity contribution in [2.24, 2.45) is 5.92 Å². The summed E-state index contributed by atoms with van der Waals surface area (Å²) in [6.07, 6.45) is 4.21. The Balaban J connectivity index is 2.78. The standard InChI is InChI=1S/C14H24N2/c1-5-8-15-13(10-11(2)3)14-12(4)7-6-9-16-14/h6-7,9,11,13,15H,5,8,10H2,1-4H3. The topological polar surface area (TPSA) is 24.9 Å². The van der Waals surface area contributed by atoms with Gasteiger partial charge >= 0.3 is 0 Å². The first kappa shape index (κ1) is 13.2. The van der Waals surface area contributed by atoms with E-state index in [1.807, 2.05) is 12.3 Å². The number of hydrogen-bond donors (Lipinski definition) is 1. The van der Waals surface area contributed by atoms with E-state index in [2.05, 4.69) is 44.1 Å². The molecule has 2 heteroatoms. The van der Waals surface area contributed by atoms with Crippen LogP contribution in [0.5, 0.6) is 0 Å². The average Bonchev–Trinajstić information content (AvgIpc) is 2.24. The molecule has 0 spiro atoms. The van der Waals surface area contributed by atoms with E-state index in [0.29, 0.717) is 12.0 Å². The summed E-state index contributed by atoms with van der Waals surface area (Å²) >= 11 is 0. The zero-order chi connectivity index (χ0) is 12.0. The molecule has 0 aliphatic rings. The molecule has 16 heavy (non-hydrogen) atoms. The number of nitrogens with one attached hydrogen (secondary N) is 1. The van der Waals surface area contributed by atoms with Crippen molar-refractivity contribution in [1.82, 2.24) is 10.3 Å². The molecule has 90 valence electrons. The number of aromatic nitrogens is 1. The monoisotopic (exact) mass is 220 g/mol. The normalized spacial score (nSPS) is 13.1. The fraction of sp³-hybridized carbons (Fsp3) is 0.643. The first-order valence-electron chi connectivity index (χ1n) is 6.30. The van der Waals surface area contributed by atoms with Crippen molar-refractivity contribution in [3.05, 3.63) is 29.6 Å². The predicted molar refractivity (Wildman–Crippen MR) is 69.5 cm³/mol. The Morgan fingerprint density at radius 3 is 2.69 bits per heavy atom. The lowest BCUT2D eigenvalue weighted by molar-refractivity contribution is 0.421. The van der Waals surface area contributed by atoms with Gasteiger partial charge < -0.3 is 5.32 Å². The van der Waals surface area contributed by atoms with E-state index >= 15 is 0 Å². The number of nitrogens with zero attached hydrogens (tertiary/aromatic N) is 1. The van der Waals surface area contributed by atoms with Gasteiger partial charge in [-0.25, -0.2) is 0 Å². The van der Waals surface area contributed by atoms with Crippen molar-refractivity contribution in [3.8, 4) is 0 Å². The van der Waals surface area contributed by atoms with Gasteiger partial charge in [-0.15, -0.1) is 0 Å². The van der Waals surface area contributed by atoms with Crippen molar-refractivity contribution < 1.29 is 0 Å². The van der Waals surface area contributed by atoms with Crippen LogP contribution in [0.3, 0.4) is 0 Å². The van der Waals surface area contributed by atoms with E-state index in [1.165, 1.54) is 17.7 Å². The molecule has 0 saturated heterocycles. The smallest absolute Gasteiger partial charge is 0.0602 e. The van der Waals surface area contributed by atoms with Crippen LogP contribution in [0.1, 0.15) is 50.9 Å². The highest BCUT2D eigenvalue weighted by atomic mass is 14.9. The van der Waals surface area contributed by atoms with Crippen LogP contribution in [-0.4, -0.2) is 11.5 Å². The minimum atomic E-state index is 0.404. The molecule has 1 aromatic heterocycles. The highest BCUT2D eigenvalue weighted by Gasteiger charge is 2.15. The molecule has 1 atom stereocenters. The van der Waals surface area contributed by atoms with Crippen molar-refractivity contribution in [2.75, 3.05) is 6.54 Å². The zero-order valence-electron chi connectivity index (χ0n) is 11.0. The van der Waals surface area contributed by atoms with E-state index in [1.54, 1.807) is 0 Å². The predicted octanol–water partition coefficient (Wildman–Crippen LogP) is 3.48. The quantitative estimate of drug-likeness (QED) is 0.794. The van der Waals surface area contributed by atoms with Crippen molar-refractivity contribution in [3.63, 3.8) is 0 Å². The fourth-order valence-corrected chi connectivity index (χ4v) is 1.94. The van der Waals surface area contributed by atoms with E-state index in [-0.39, 0.29) is 0 Å². The van der Waals surface area contributed by atoms with Gasteiger partial charge in [0.1, 0.15) is 0 Å². The Morgan fingerprint density at radius 1 is 1.38 bits per heavy atom. The molecule has 0 aromatic carbocycles. The van der Waals surface area contributed by atoms with E-state index in [0.717, 1.165) is 13.0 Å².